The van der Waals surface area contributed by atoms with Gasteiger partial charge in [0.15, 0.2) is 0 Å². The van der Waals surface area contributed by atoms with Gasteiger partial charge in [0.2, 0.25) is 0 Å². The molecule has 5 aromatic carbocycles. The molecule has 0 amide bonds. The summed E-state index contributed by atoms with van der Waals surface area (Å²) in [6.45, 7) is 0. The van der Waals surface area contributed by atoms with Crippen LogP contribution in [0.25, 0.3) is 72.0 Å². The third-order valence-corrected chi connectivity index (χ3v) is 8.92. The van der Waals surface area contributed by atoms with Crippen molar-refractivity contribution in [3.05, 3.63) is 127 Å². The zero-order chi connectivity index (χ0) is 26.4. The smallest absolute Gasteiger partial charge is 0.0541 e. The quantitative estimate of drug-likeness (QED) is 0.219. The Labute approximate surface area is 231 Å². The summed E-state index contributed by atoms with van der Waals surface area (Å²) in [5.41, 5.74) is 11.5. The summed E-state index contributed by atoms with van der Waals surface area (Å²) in [5.74, 6) is 0. The molecule has 40 heavy (non-hydrogen) atoms. The van der Waals surface area contributed by atoms with E-state index in [-0.39, 0.29) is 0 Å². The molecule has 3 nitrogen and oxygen atoms in total. The van der Waals surface area contributed by atoms with Crippen LogP contribution in [0.1, 0.15) is 17.7 Å². The predicted octanol–water partition coefficient (Wildman–Crippen LogP) is 9.33. The van der Waals surface area contributed by atoms with Gasteiger partial charge in [-0.15, -0.1) is 0 Å². The van der Waals surface area contributed by atoms with Crippen molar-refractivity contribution in [3.8, 4) is 11.4 Å². The van der Waals surface area contributed by atoms with E-state index in [2.05, 4.69) is 142 Å². The minimum Gasteiger partial charge on any atom is -0.344 e. The molecule has 1 aliphatic carbocycles. The van der Waals surface area contributed by atoms with E-state index in [4.69, 9.17) is 0 Å². The molecular weight excluding hydrogens is 486 g/mol. The monoisotopic (exact) mass is 513 g/mol. The summed E-state index contributed by atoms with van der Waals surface area (Å²) < 4.78 is 7.23. The standard InChI is InChI=1S/C37H27N3/c1-38-32-20-18-24(39-34-14-6-2-10-26(34)27-11-3-7-15-35(27)39)22-30(32)31-23-25(19-21-33(31)38)40-36-16-8-4-12-28(36)29-13-5-9-17-37(29)40/h2-8,10-16,18-23H,9,17H2,1H3. The molecule has 9 rings (SSSR count). The van der Waals surface area contributed by atoms with Crippen molar-refractivity contribution < 1.29 is 0 Å². The van der Waals surface area contributed by atoms with Crippen LogP contribution in [0.3, 0.4) is 0 Å². The Bertz CT molecular complexity index is 2280. The van der Waals surface area contributed by atoms with Crippen LogP contribution in [0.15, 0.2) is 115 Å². The molecule has 1 aliphatic rings. The Hall–Kier alpha value is -5.02. The maximum absolute atomic E-state index is 2.49. The van der Waals surface area contributed by atoms with E-state index in [1.165, 1.54) is 77.1 Å². The van der Waals surface area contributed by atoms with Crippen molar-refractivity contribution in [2.24, 2.45) is 7.05 Å². The minimum atomic E-state index is 1.06. The maximum atomic E-state index is 2.49. The number of hydrogen-bond acceptors (Lipinski definition) is 0. The molecule has 0 spiro atoms. The normalized spacial score (nSPS) is 13.3. The molecule has 0 saturated carbocycles. The molecule has 0 unspecified atom stereocenters. The van der Waals surface area contributed by atoms with Crippen LogP contribution in [0.5, 0.6) is 0 Å². The van der Waals surface area contributed by atoms with Gasteiger partial charge in [0.25, 0.3) is 0 Å². The summed E-state index contributed by atoms with van der Waals surface area (Å²) in [6, 6.07) is 40.2. The third kappa shape index (κ3) is 2.84. The van der Waals surface area contributed by atoms with Gasteiger partial charge in [-0.2, -0.15) is 0 Å². The van der Waals surface area contributed by atoms with Gasteiger partial charge < -0.3 is 13.7 Å². The Morgan fingerprint density at radius 2 is 1.02 bits per heavy atom. The fourth-order valence-corrected chi connectivity index (χ4v) is 7.14. The summed E-state index contributed by atoms with van der Waals surface area (Å²) in [5, 5.41) is 6.48. The molecule has 0 aliphatic heterocycles. The van der Waals surface area contributed by atoms with Crippen molar-refractivity contribution in [1.82, 2.24) is 13.7 Å². The average molecular weight is 514 g/mol. The number of allylic oxidation sites excluding steroid dienone is 1. The van der Waals surface area contributed by atoms with Crippen molar-refractivity contribution in [2.45, 2.75) is 12.8 Å². The van der Waals surface area contributed by atoms with Crippen LogP contribution in [0.2, 0.25) is 0 Å². The fourth-order valence-electron chi connectivity index (χ4n) is 7.14. The van der Waals surface area contributed by atoms with Gasteiger partial charge in [0.1, 0.15) is 0 Å². The van der Waals surface area contributed by atoms with Crippen LogP contribution in [0.4, 0.5) is 0 Å². The summed E-state index contributed by atoms with van der Waals surface area (Å²) in [7, 11) is 2.18. The first-order chi connectivity index (χ1) is 19.8. The van der Waals surface area contributed by atoms with E-state index in [1.54, 1.807) is 0 Å². The largest absolute Gasteiger partial charge is 0.344 e. The van der Waals surface area contributed by atoms with Gasteiger partial charge in [-0.25, -0.2) is 0 Å². The molecule has 0 N–H and O–H groups in total. The molecule has 0 radical (unpaired) electrons. The van der Waals surface area contributed by atoms with E-state index < -0.39 is 0 Å². The molecule has 0 bridgehead atoms. The molecule has 0 saturated heterocycles. The molecule has 3 heterocycles. The number of fused-ring (bicyclic) bond motifs is 9. The van der Waals surface area contributed by atoms with E-state index >= 15 is 0 Å². The maximum Gasteiger partial charge on any atom is 0.0541 e. The number of aromatic nitrogens is 3. The Kier molecular flexibility index (Phi) is 4.37. The molecule has 8 aromatic rings. The van der Waals surface area contributed by atoms with E-state index in [9.17, 15) is 0 Å². The number of hydrogen-bond donors (Lipinski definition) is 0. The number of rotatable bonds is 2. The van der Waals surface area contributed by atoms with Gasteiger partial charge in [0, 0.05) is 67.6 Å². The third-order valence-electron chi connectivity index (χ3n) is 8.92. The van der Waals surface area contributed by atoms with Crippen LogP contribution in [-0.4, -0.2) is 13.7 Å². The Morgan fingerprint density at radius 1 is 0.500 bits per heavy atom. The van der Waals surface area contributed by atoms with Crippen LogP contribution in [0, 0.1) is 0 Å². The zero-order valence-corrected chi connectivity index (χ0v) is 22.3. The average Bonchev–Trinajstić information content (AvgIpc) is 3.63. The van der Waals surface area contributed by atoms with Crippen molar-refractivity contribution >= 4 is 60.6 Å². The van der Waals surface area contributed by atoms with Gasteiger partial charge in [0.05, 0.1) is 16.6 Å². The van der Waals surface area contributed by atoms with Crippen molar-refractivity contribution in [1.29, 1.82) is 0 Å². The predicted molar refractivity (Wildman–Crippen MR) is 169 cm³/mol. The van der Waals surface area contributed by atoms with Gasteiger partial charge in [-0.3, -0.25) is 0 Å². The van der Waals surface area contributed by atoms with Crippen LogP contribution in [-0.2, 0) is 13.5 Å². The number of benzene rings is 5. The number of aryl methyl sites for hydroxylation is 1. The summed E-state index contributed by atoms with van der Waals surface area (Å²) >= 11 is 0. The summed E-state index contributed by atoms with van der Waals surface area (Å²) in [4.78, 5) is 0. The highest BCUT2D eigenvalue weighted by atomic mass is 15.0. The van der Waals surface area contributed by atoms with Crippen LogP contribution < -0.4 is 0 Å². The van der Waals surface area contributed by atoms with Gasteiger partial charge in [-0.1, -0.05) is 66.7 Å². The highest BCUT2D eigenvalue weighted by molar-refractivity contribution is 6.12. The molecule has 0 atom stereocenters. The second kappa shape index (κ2) is 8.00. The SMILES string of the molecule is Cn1c2ccc(-n3c4c(c5ccccc53)C=CCC4)cc2c2cc(-n3c4ccccc4c4ccccc43)ccc21. The lowest BCUT2D eigenvalue weighted by Gasteiger charge is -2.14. The molecule has 190 valence electrons. The van der Waals surface area contributed by atoms with Gasteiger partial charge in [-0.05, 0) is 67.4 Å². The second-order valence-electron chi connectivity index (χ2n) is 11.0. The summed E-state index contributed by atoms with van der Waals surface area (Å²) in [6.07, 6.45) is 6.77. The molecule has 0 fully saturated rings. The minimum absolute atomic E-state index is 1.06. The number of para-hydroxylation sites is 3. The fraction of sp³-hybridized carbons (Fsp3) is 0.0811. The van der Waals surface area contributed by atoms with Crippen molar-refractivity contribution in [3.63, 3.8) is 0 Å². The first-order valence-electron chi connectivity index (χ1n) is 14.1. The topological polar surface area (TPSA) is 14.8 Å². The zero-order valence-electron chi connectivity index (χ0n) is 22.3. The van der Waals surface area contributed by atoms with E-state index in [0.29, 0.717) is 0 Å². The first kappa shape index (κ1) is 21.9. The first-order valence-corrected chi connectivity index (χ1v) is 14.1. The molecule has 3 heteroatoms. The lowest BCUT2D eigenvalue weighted by Crippen LogP contribution is -2.03. The Morgan fingerprint density at radius 3 is 1.65 bits per heavy atom. The van der Waals surface area contributed by atoms with Crippen LogP contribution >= 0.6 is 0 Å². The van der Waals surface area contributed by atoms with E-state index in [0.717, 1.165) is 12.8 Å². The van der Waals surface area contributed by atoms with E-state index in [1.807, 2.05) is 0 Å². The highest BCUT2D eigenvalue weighted by Crippen LogP contribution is 2.38. The molecular formula is C37H27N3. The Balaban J connectivity index is 1.33. The van der Waals surface area contributed by atoms with Gasteiger partial charge >= 0.3 is 0 Å². The second-order valence-corrected chi connectivity index (χ2v) is 11.0. The van der Waals surface area contributed by atoms with Crippen molar-refractivity contribution in [2.75, 3.05) is 0 Å². The highest BCUT2D eigenvalue weighted by Gasteiger charge is 2.20. The lowest BCUT2D eigenvalue weighted by molar-refractivity contribution is 0.889. The molecule has 3 aromatic heterocycles. The number of nitrogens with zero attached hydrogens (tertiary/aromatic N) is 3. The lowest BCUT2D eigenvalue weighted by atomic mass is 10.0.